The first-order valence-electron chi connectivity index (χ1n) is 4.40. The fourth-order valence-electron chi connectivity index (χ4n) is 1.49. The third kappa shape index (κ3) is 2.19. The zero-order chi connectivity index (χ0) is 8.97. The number of rotatable bonds is 3. The van der Waals surface area contributed by atoms with Crippen LogP contribution in [0.1, 0.15) is 6.92 Å². The van der Waals surface area contributed by atoms with Gasteiger partial charge in [0.15, 0.2) is 0 Å². The number of nitrogens with one attached hydrogen (secondary N) is 2. The van der Waals surface area contributed by atoms with Gasteiger partial charge < -0.3 is 15.5 Å². The zero-order valence-corrected chi connectivity index (χ0v) is 7.76. The molecule has 1 aliphatic rings. The van der Waals surface area contributed by atoms with Crippen LogP contribution >= 0.6 is 0 Å². The largest absolute Gasteiger partial charge is 0.336 e. The van der Waals surface area contributed by atoms with E-state index in [4.69, 9.17) is 0 Å². The van der Waals surface area contributed by atoms with Gasteiger partial charge in [0.05, 0.1) is 6.54 Å². The summed E-state index contributed by atoms with van der Waals surface area (Å²) in [4.78, 5) is 13.3. The number of nitrogens with zero attached hydrogens (tertiary/aromatic N) is 1. The first-order chi connectivity index (χ1) is 5.75. The number of piperazine rings is 1. The molecule has 4 nitrogen and oxygen atoms in total. The number of hydrogen-bond donors (Lipinski definition) is 2. The van der Waals surface area contributed by atoms with Crippen molar-refractivity contribution < 1.29 is 4.79 Å². The van der Waals surface area contributed by atoms with Crippen molar-refractivity contribution in [2.75, 3.05) is 33.2 Å². The summed E-state index contributed by atoms with van der Waals surface area (Å²) in [5.74, 6) is 0.212. The van der Waals surface area contributed by atoms with Gasteiger partial charge in [-0.25, -0.2) is 0 Å². The Bertz CT molecular complexity index is 160. The molecule has 70 valence electrons. The highest BCUT2D eigenvalue weighted by Gasteiger charge is 2.21. The Hall–Kier alpha value is -0.610. The van der Waals surface area contributed by atoms with Crippen LogP contribution in [0.15, 0.2) is 0 Å². The van der Waals surface area contributed by atoms with E-state index in [0.717, 1.165) is 19.6 Å². The maximum Gasteiger partial charge on any atom is 0.236 e. The van der Waals surface area contributed by atoms with Crippen molar-refractivity contribution in [2.24, 2.45) is 0 Å². The number of carbonyl (C=O) groups is 1. The lowest BCUT2D eigenvalue weighted by Gasteiger charge is -2.32. The standard InChI is InChI=1S/C8H17N3O/c1-7(5-9-2)11-4-3-10-6-8(11)12/h7,9-10H,3-6H2,1-2H3. The molecule has 0 aromatic carbocycles. The van der Waals surface area contributed by atoms with Crippen molar-refractivity contribution in [3.05, 3.63) is 0 Å². The number of hydrogen-bond acceptors (Lipinski definition) is 3. The van der Waals surface area contributed by atoms with Gasteiger partial charge >= 0.3 is 0 Å². The van der Waals surface area contributed by atoms with Gasteiger partial charge in [0.2, 0.25) is 5.91 Å². The van der Waals surface area contributed by atoms with E-state index in [0.29, 0.717) is 12.6 Å². The quantitative estimate of drug-likeness (QED) is 0.574. The Kier molecular flexibility index (Phi) is 3.49. The van der Waals surface area contributed by atoms with Gasteiger partial charge in [-0.3, -0.25) is 4.79 Å². The number of amides is 1. The SMILES string of the molecule is CNCC(C)N1CCNCC1=O. The van der Waals surface area contributed by atoms with Gasteiger partial charge in [-0.05, 0) is 14.0 Å². The Morgan fingerprint density at radius 2 is 2.50 bits per heavy atom. The second-order valence-corrected chi connectivity index (χ2v) is 3.17. The van der Waals surface area contributed by atoms with Crippen LogP contribution in [0.3, 0.4) is 0 Å². The van der Waals surface area contributed by atoms with Crippen molar-refractivity contribution in [3.8, 4) is 0 Å². The van der Waals surface area contributed by atoms with Crippen molar-refractivity contribution >= 4 is 5.91 Å². The summed E-state index contributed by atoms with van der Waals surface area (Å²) in [7, 11) is 1.91. The van der Waals surface area contributed by atoms with Crippen LogP contribution in [0.25, 0.3) is 0 Å². The third-order valence-corrected chi connectivity index (χ3v) is 2.16. The van der Waals surface area contributed by atoms with E-state index in [2.05, 4.69) is 17.6 Å². The summed E-state index contributed by atoms with van der Waals surface area (Å²) < 4.78 is 0. The second-order valence-electron chi connectivity index (χ2n) is 3.17. The van der Waals surface area contributed by atoms with Crippen molar-refractivity contribution in [1.29, 1.82) is 0 Å². The average molecular weight is 171 g/mol. The van der Waals surface area contributed by atoms with E-state index in [1.165, 1.54) is 0 Å². The number of likely N-dealkylation sites (N-methyl/N-ethyl adjacent to an activating group) is 1. The minimum absolute atomic E-state index is 0.212. The summed E-state index contributed by atoms with van der Waals surface area (Å²) in [6.07, 6.45) is 0. The first kappa shape index (κ1) is 9.48. The summed E-state index contributed by atoms with van der Waals surface area (Å²) >= 11 is 0. The molecule has 0 aromatic rings. The van der Waals surface area contributed by atoms with Gasteiger partial charge in [0, 0.05) is 25.7 Å². The molecule has 1 amide bonds. The normalized spacial score (nSPS) is 21.2. The maximum atomic E-state index is 11.3. The second kappa shape index (κ2) is 4.42. The molecule has 12 heavy (non-hydrogen) atoms. The Morgan fingerprint density at radius 3 is 3.08 bits per heavy atom. The van der Waals surface area contributed by atoms with Crippen LogP contribution in [0.4, 0.5) is 0 Å². The third-order valence-electron chi connectivity index (χ3n) is 2.16. The molecule has 4 heteroatoms. The molecule has 0 aliphatic carbocycles. The summed E-state index contributed by atoms with van der Waals surface area (Å²) in [5.41, 5.74) is 0. The Balaban J connectivity index is 2.42. The molecule has 1 unspecified atom stereocenters. The van der Waals surface area contributed by atoms with Crippen LogP contribution in [-0.4, -0.2) is 50.1 Å². The van der Waals surface area contributed by atoms with Gasteiger partial charge in [0.25, 0.3) is 0 Å². The first-order valence-corrected chi connectivity index (χ1v) is 4.40. The van der Waals surface area contributed by atoms with Crippen LogP contribution in [0.5, 0.6) is 0 Å². The molecule has 0 aromatic heterocycles. The van der Waals surface area contributed by atoms with E-state index in [1.807, 2.05) is 11.9 Å². The molecule has 0 saturated carbocycles. The van der Waals surface area contributed by atoms with E-state index in [9.17, 15) is 4.79 Å². The predicted molar refractivity (Wildman–Crippen MR) is 48.0 cm³/mol. The van der Waals surface area contributed by atoms with Crippen LogP contribution in [0, 0.1) is 0 Å². The summed E-state index contributed by atoms with van der Waals surface area (Å²) in [5, 5.41) is 6.12. The summed E-state index contributed by atoms with van der Waals surface area (Å²) in [6.45, 7) is 5.18. The highest BCUT2D eigenvalue weighted by molar-refractivity contribution is 5.79. The highest BCUT2D eigenvalue weighted by Crippen LogP contribution is 2.00. The van der Waals surface area contributed by atoms with Crippen LogP contribution in [0.2, 0.25) is 0 Å². The van der Waals surface area contributed by atoms with E-state index >= 15 is 0 Å². The van der Waals surface area contributed by atoms with E-state index in [1.54, 1.807) is 0 Å². The monoisotopic (exact) mass is 171 g/mol. The topological polar surface area (TPSA) is 44.4 Å². The molecular weight excluding hydrogens is 154 g/mol. The Labute approximate surface area is 73.3 Å². The molecule has 1 saturated heterocycles. The molecule has 1 heterocycles. The molecule has 2 N–H and O–H groups in total. The lowest BCUT2D eigenvalue weighted by molar-refractivity contribution is -0.133. The van der Waals surface area contributed by atoms with Gasteiger partial charge in [0.1, 0.15) is 0 Å². The lowest BCUT2D eigenvalue weighted by Crippen LogP contribution is -2.53. The average Bonchev–Trinajstić information content (AvgIpc) is 2.05. The smallest absolute Gasteiger partial charge is 0.236 e. The fourth-order valence-corrected chi connectivity index (χ4v) is 1.49. The molecule has 1 fully saturated rings. The Morgan fingerprint density at radius 1 is 1.75 bits per heavy atom. The van der Waals surface area contributed by atoms with E-state index < -0.39 is 0 Å². The highest BCUT2D eigenvalue weighted by atomic mass is 16.2. The van der Waals surface area contributed by atoms with Crippen molar-refractivity contribution in [2.45, 2.75) is 13.0 Å². The number of carbonyl (C=O) groups excluding carboxylic acids is 1. The zero-order valence-electron chi connectivity index (χ0n) is 7.76. The minimum atomic E-state index is 0.212. The van der Waals surface area contributed by atoms with Gasteiger partial charge in [-0.1, -0.05) is 0 Å². The molecule has 0 spiro atoms. The predicted octanol–water partition coefficient (Wildman–Crippen LogP) is -0.974. The minimum Gasteiger partial charge on any atom is -0.336 e. The molecular formula is C8H17N3O. The van der Waals surface area contributed by atoms with Gasteiger partial charge in [-0.2, -0.15) is 0 Å². The molecule has 1 rings (SSSR count). The molecule has 1 atom stereocenters. The molecule has 1 aliphatic heterocycles. The van der Waals surface area contributed by atoms with Crippen LogP contribution < -0.4 is 10.6 Å². The molecule has 0 radical (unpaired) electrons. The van der Waals surface area contributed by atoms with E-state index in [-0.39, 0.29) is 5.91 Å². The van der Waals surface area contributed by atoms with Gasteiger partial charge in [-0.15, -0.1) is 0 Å². The molecule has 0 bridgehead atoms. The fraction of sp³-hybridized carbons (Fsp3) is 0.875. The summed E-state index contributed by atoms with van der Waals surface area (Å²) in [6, 6.07) is 0.310. The van der Waals surface area contributed by atoms with Crippen molar-refractivity contribution in [3.63, 3.8) is 0 Å². The maximum absolute atomic E-state index is 11.3. The lowest BCUT2D eigenvalue weighted by atomic mass is 10.2. The van der Waals surface area contributed by atoms with Crippen LogP contribution in [-0.2, 0) is 4.79 Å². The van der Waals surface area contributed by atoms with Crippen molar-refractivity contribution in [1.82, 2.24) is 15.5 Å².